The van der Waals surface area contributed by atoms with Crippen molar-refractivity contribution in [3.05, 3.63) is 42.5 Å². The van der Waals surface area contributed by atoms with Crippen LogP contribution < -0.4 is 5.32 Å². The summed E-state index contributed by atoms with van der Waals surface area (Å²) >= 11 is 0. The first kappa shape index (κ1) is 17.7. The summed E-state index contributed by atoms with van der Waals surface area (Å²) in [5.74, 6) is 0.238. The van der Waals surface area contributed by atoms with Crippen LogP contribution in [0.25, 0.3) is 10.8 Å². The van der Waals surface area contributed by atoms with Gasteiger partial charge in [0.05, 0.1) is 17.2 Å². The molecule has 0 aliphatic carbocycles. The third-order valence-corrected chi connectivity index (χ3v) is 6.44. The Morgan fingerprint density at radius 2 is 1.96 bits per heavy atom. The van der Waals surface area contributed by atoms with E-state index in [1.54, 1.807) is 4.90 Å². The quantitative estimate of drug-likeness (QED) is 0.885. The second-order valence-corrected chi connectivity index (χ2v) is 8.79. The highest BCUT2D eigenvalue weighted by Gasteiger charge is 2.34. The smallest absolute Gasteiger partial charge is 0.320 e. The lowest BCUT2D eigenvalue weighted by molar-refractivity contribution is 0.192. The van der Waals surface area contributed by atoms with Gasteiger partial charge < -0.3 is 10.2 Å². The molecule has 2 aromatic carbocycles. The summed E-state index contributed by atoms with van der Waals surface area (Å²) in [6.45, 7) is 2.64. The summed E-state index contributed by atoms with van der Waals surface area (Å²) in [6, 6.07) is 13.2. The number of anilines is 1. The molecule has 2 aromatic rings. The van der Waals surface area contributed by atoms with Gasteiger partial charge in [-0.1, -0.05) is 49.7 Å². The third-order valence-electron chi connectivity index (χ3n) is 4.69. The average Bonchev–Trinajstić information content (AvgIpc) is 2.95. The molecule has 3 rings (SSSR count). The zero-order valence-electron chi connectivity index (χ0n) is 14.4. The van der Waals surface area contributed by atoms with Gasteiger partial charge >= 0.3 is 6.03 Å². The lowest BCUT2D eigenvalue weighted by Gasteiger charge is -2.28. The topological polar surface area (TPSA) is 66.5 Å². The molecule has 1 fully saturated rings. The van der Waals surface area contributed by atoms with E-state index in [1.807, 2.05) is 42.5 Å². The van der Waals surface area contributed by atoms with Crippen molar-refractivity contribution < 1.29 is 13.2 Å². The van der Waals surface area contributed by atoms with E-state index in [1.165, 1.54) is 0 Å². The van der Waals surface area contributed by atoms with E-state index in [-0.39, 0.29) is 23.6 Å². The van der Waals surface area contributed by atoms with Crippen LogP contribution in [0.2, 0.25) is 0 Å². The number of rotatable bonds is 5. The van der Waals surface area contributed by atoms with E-state index >= 15 is 0 Å². The number of nitrogens with zero attached hydrogens (tertiary/aromatic N) is 1. The van der Waals surface area contributed by atoms with Gasteiger partial charge in [0.1, 0.15) is 0 Å². The summed E-state index contributed by atoms with van der Waals surface area (Å²) in [7, 11) is -3.03. The van der Waals surface area contributed by atoms with E-state index in [0.717, 1.165) is 29.3 Å². The Labute approximate surface area is 148 Å². The number of benzene rings is 2. The molecule has 0 spiro atoms. The fourth-order valence-electron chi connectivity index (χ4n) is 3.32. The summed E-state index contributed by atoms with van der Waals surface area (Å²) < 4.78 is 23.6. The minimum atomic E-state index is -3.03. The van der Waals surface area contributed by atoms with Crippen molar-refractivity contribution >= 4 is 32.3 Å². The fraction of sp³-hybridized carbons (Fsp3) is 0.421. The van der Waals surface area contributed by atoms with Crippen LogP contribution in [0.5, 0.6) is 0 Å². The molecular formula is C19H24N2O3S. The van der Waals surface area contributed by atoms with Crippen LogP contribution in [-0.2, 0) is 9.84 Å². The number of unbranched alkanes of at least 4 members (excludes halogenated alkanes) is 1. The maximum atomic E-state index is 12.9. The number of urea groups is 1. The number of carbonyl (C=O) groups is 1. The molecule has 25 heavy (non-hydrogen) atoms. The first-order chi connectivity index (χ1) is 12.0. The molecule has 0 radical (unpaired) electrons. The molecule has 0 aromatic heterocycles. The molecule has 2 amide bonds. The summed E-state index contributed by atoms with van der Waals surface area (Å²) in [5, 5.41) is 5.03. The van der Waals surface area contributed by atoms with Crippen LogP contribution in [-0.4, -0.2) is 43.4 Å². The largest absolute Gasteiger partial charge is 0.322 e. The lowest BCUT2D eigenvalue weighted by Crippen LogP contribution is -2.44. The maximum Gasteiger partial charge on any atom is 0.322 e. The van der Waals surface area contributed by atoms with Crippen LogP contribution >= 0.6 is 0 Å². The van der Waals surface area contributed by atoms with Gasteiger partial charge in [-0.15, -0.1) is 0 Å². The Hall–Kier alpha value is -2.08. The fourth-order valence-corrected chi connectivity index (χ4v) is 5.05. The molecule has 0 unspecified atom stereocenters. The van der Waals surface area contributed by atoms with Gasteiger partial charge in [0.2, 0.25) is 0 Å². The Morgan fingerprint density at radius 3 is 2.68 bits per heavy atom. The molecule has 5 nitrogen and oxygen atoms in total. The van der Waals surface area contributed by atoms with Crippen molar-refractivity contribution in [2.75, 3.05) is 23.4 Å². The van der Waals surface area contributed by atoms with Gasteiger partial charge in [0.15, 0.2) is 9.84 Å². The summed E-state index contributed by atoms with van der Waals surface area (Å²) in [5.41, 5.74) is 0.755. The van der Waals surface area contributed by atoms with Crippen molar-refractivity contribution in [1.82, 2.24) is 4.90 Å². The molecule has 1 aliphatic rings. The highest BCUT2D eigenvalue weighted by Crippen LogP contribution is 2.25. The minimum Gasteiger partial charge on any atom is -0.320 e. The van der Waals surface area contributed by atoms with E-state index in [9.17, 15) is 13.2 Å². The molecule has 1 N–H and O–H groups in total. The molecule has 0 saturated carbocycles. The second-order valence-electron chi connectivity index (χ2n) is 6.56. The van der Waals surface area contributed by atoms with Crippen molar-refractivity contribution in [2.45, 2.75) is 32.2 Å². The number of nitrogens with one attached hydrogen (secondary N) is 1. The lowest BCUT2D eigenvalue weighted by atomic mass is 10.1. The molecule has 1 saturated heterocycles. The number of fused-ring (bicyclic) bond motifs is 1. The number of carbonyl (C=O) groups excluding carboxylic acids is 1. The molecular weight excluding hydrogens is 336 g/mol. The monoisotopic (exact) mass is 360 g/mol. The summed E-state index contributed by atoms with van der Waals surface area (Å²) in [4.78, 5) is 14.6. The first-order valence-corrected chi connectivity index (χ1v) is 10.6. The molecule has 134 valence electrons. The van der Waals surface area contributed by atoms with Crippen LogP contribution in [0.4, 0.5) is 10.5 Å². The predicted molar refractivity (Wildman–Crippen MR) is 102 cm³/mol. The van der Waals surface area contributed by atoms with Crippen LogP contribution in [0.3, 0.4) is 0 Å². The van der Waals surface area contributed by atoms with Crippen LogP contribution in [0.1, 0.15) is 26.2 Å². The normalized spacial score (nSPS) is 19.0. The van der Waals surface area contributed by atoms with Crippen molar-refractivity contribution in [1.29, 1.82) is 0 Å². The number of hydrogen-bond donors (Lipinski definition) is 1. The third kappa shape index (κ3) is 4.12. The van der Waals surface area contributed by atoms with Crippen molar-refractivity contribution in [2.24, 2.45) is 0 Å². The van der Waals surface area contributed by atoms with Gasteiger partial charge in [-0.2, -0.15) is 0 Å². The van der Waals surface area contributed by atoms with Gasteiger partial charge in [-0.05, 0) is 24.3 Å². The zero-order valence-corrected chi connectivity index (χ0v) is 15.3. The molecule has 6 heteroatoms. The average molecular weight is 360 g/mol. The van der Waals surface area contributed by atoms with E-state index in [2.05, 4.69) is 12.2 Å². The number of sulfone groups is 1. The van der Waals surface area contributed by atoms with E-state index < -0.39 is 9.84 Å². The van der Waals surface area contributed by atoms with E-state index in [4.69, 9.17) is 0 Å². The van der Waals surface area contributed by atoms with Crippen LogP contribution in [0.15, 0.2) is 42.5 Å². The van der Waals surface area contributed by atoms with Crippen LogP contribution in [0, 0.1) is 0 Å². The molecule has 1 atom stereocenters. The highest BCUT2D eigenvalue weighted by atomic mass is 32.2. The Balaban J connectivity index is 1.82. The van der Waals surface area contributed by atoms with Crippen molar-refractivity contribution in [3.8, 4) is 0 Å². The Kier molecular flexibility index (Phi) is 5.27. The van der Waals surface area contributed by atoms with Gasteiger partial charge in [0, 0.05) is 18.0 Å². The summed E-state index contributed by atoms with van der Waals surface area (Å²) in [6.07, 6.45) is 2.34. The number of amides is 2. The van der Waals surface area contributed by atoms with Gasteiger partial charge in [-0.25, -0.2) is 13.2 Å². The molecule has 0 bridgehead atoms. The first-order valence-electron chi connectivity index (χ1n) is 8.76. The molecule has 1 aliphatic heterocycles. The predicted octanol–water partition coefficient (Wildman–Crippen LogP) is 3.66. The van der Waals surface area contributed by atoms with E-state index in [0.29, 0.717) is 13.0 Å². The standard InChI is InChI=1S/C19H24N2O3S/c1-2-3-12-21(16-11-13-25(23,24)14-16)19(22)20-18-10-6-8-15-7-4-5-9-17(15)18/h4-10,16H,2-3,11-14H2,1H3,(H,20,22)/t16-/m0/s1. The SMILES string of the molecule is CCCCN(C(=O)Nc1cccc2ccccc12)[C@H]1CCS(=O)(=O)C1. The van der Waals surface area contributed by atoms with Gasteiger partial charge in [-0.3, -0.25) is 0 Å². The van der Waals surface area contributed by atoms with Crippen molar-refractivity contribution in [3.63, 3.8) is 0 Å². The Bertz CT molecular complexity index is 859. The zero-order chi connectivity index (χ0) is 17.9. The second kappa shape index (κ2) is 7.44. The minimum absolute atomic E-state index is 0.0691. The maximum absolute atomic E-state index is 12.9. The van der Waals surface area contributed by atoms with Gasteiger partial charge in [0.25, 0.3) is 0 Å². The number of hydrogen-bond acceptors (Lipinski definition) is 3. The molecule has 1 heterocycles. The highest BCUT2D eigenvalue weighted by molar-refractivity contribution is 7.91. The Morgan fingerprint density at radius 1 is 1.20 bits per heavy atom.